The molecular formula is C30H34O3P2S. The zero-order chi connectivity index (χ0) is 25.9. The summed E-state index contributed by atoms with van der Waals surface area (Å²) in [4.78, 5) is 0. The van der Waals surface area contributed by atoms with Crippen LogP contribution in [0.25, 0.3) is 0 Å². The number of hydrogen-bond acceptors (Lipinski definition) is 2. The summed E-state index contributed by atoms with van der Waals surface area (Å²) >= 11 is 0. The molecule has 0 heterocycles. The van der Waals surface area contributed by atoms with Gasteiger partial charge in [-0.2, -0.15) is 8.42 Å². The van der Waals surface area contributed by atoms with E-state index in [2.05, 4.69) is 131 Å². The normalized spacial score (nSPS) is 11.6. The molecule has 0 aromatic heterocycles. The van der Waals surface area contributed by atoms with Crippen LogP contribution in [0.15, 0.2) is 121 Å². The zero-order valence-corrected chi connectivity index (χ0v) is 23.4. The summed E-state index contributed by atoms with van der Waals surface area (Å²) in [5.41, 5.74) is 2.75. The Morgan fingerprint density at radius 2 is 1.00 bits per heavy atom. The molecule has 3 nitrogen and oxygen atoms in total. The van der Waals surface area contributed by atoms with E-state index in [1.54, 1.807) is 0 Å². The third kappa shape index (κ3) is 8.95. The first-order chi connectivity index (χ1) is 17.3. The molecule has 1 atom stereocenters. The van der Waals surface area contributed by atoms with E-state index in [9.17, 15) is 8.42 Å². The SMILES string of the molecule is CS(=O)(=O)O.PC(CCCCP(c1ccccc1)c1ccccc1)(c1ccccc1)c1ccccc1. The van der Waals surface area contributed by atoms with Crippen molar-refractivity contribution >= 4 is 37.9 Å². The fourth-order valence-corrected chi connectivity index (χ4v) is 7.23. The Morgan fingerprint density at radius 1 is 0.667 bits per heavy atom. The van der Waals surface area contributed by atoms with E-state index in [1.807, 2.05) is 0 Å². The molecule has 0 radical (unpaired) electrons. The molecule has 6 heteroatoms. The standard InChI is InChI=1S/C29H30P2.CH4O3S/c30-29(25-15-5-1-6-16-25,26-17-7-2-8-18-26)23-13-14-24-31(27-19-9-3-10-20-27)28-21-11-4-12-22-28;1-5(2,3)4/h1-12,15-22H,13-14,23-24,30H2;1H3,(H,2,3,4). The van der Waals surface area contributed by atoms with Crippen molar-refractivity contribution < 1.29 is 13.0 Å². The van der Waals surface area contributed by atoms with Crippen molar-refractivity contribution in [2.24, 2.45) is 0 Å². The van der Waals surface area contributed by atoms with E-state index in [0.29, 0.717) is 6.26 Å². The maximum atomic E-state index is 9.19. The summed E-state index contributed by atoms with van der Waals surface area (Å²) in [5.74, 6) is 0. The van der Waals surface area contributed by atoms with Crippen LogP contribution in [0.3, 0.4) is 0 Å². The van der Waals surface area contributed by atoms with Crippen molar-refractivity contribution in [3.8, 4) is 0 Å². The minimum atomic E-state index is -3.67. The lowest BCUT2D eigenvalue weighted by molar-refractivity contribution is 0.490. The average Bonchev–Trinajstić information content (AvgIpc) is 2.89. The van der Waals surface area contributed by atoms with Gasteiger partial charge in [0.2, 0.25) is 0 Å². The van der Waals surface area contributed by atoms with Crippen molar-refractivity contribution in [3.05, 3.63) is 132 Å². The van der Waals surface area contributed by atoms with Gasteiger partial charge in [-0.05, 0) is 48.7 Å². The van der Waals surface area contributed by atoms with Gasteiger partial charge in [-0.25, -0.2) is 0 Å². The Kier molecular flexibility index (Phi) is 10.8. The van der Waals surface area contributed by atoms with Gasteiger partial charge in [-0.1, -0.05) is 128 Å². The van der Waals surface area contributed by atoms with Crippen molar-refractivity contribution in [1.82, 2.24) is 0 Å². The molecule has 36 heavy (non-hydrogen) atoms. The molecule has 0 aliphatic carbocycles. The fourth-order valence-electron chi connectivity index (χ4n) is 4.22. The highest BCUT2D eigenvalue weighted by Crippen LogP contribution is 2.44. The van der Waals surface area contributed by atoms with Crippen LogP contribution in [0.5, 0.6) is 0 Å². The second kappa shape index (κ2) is 13.8. The maximum absolute atomic E-state index is 9.19. The van der Waals surface area contributed by atoms with Gasteiger partial charge in [0, 0.05) is 5.16 Å². The summed E-state index contributed by atoms with van der Waals surface area (Å²) in [6.45, 7) is 0. The van der Waals surface area contributed by atoms with Gasteiger partial charge in [0.1, 0.15) is 0 Å². The van der Waals surface area contributed by atoms with Crippen LogP contribution in [-0.2, 0) is 15.3 Å². The molecular weight excluding hydrogens is 502 g/mol. The average molecular weight is 537 g/mol. The van der Waals surface area contributed by atoms with Gasteiger partial charge >= 0.3 is 0 Å². The molecule has 0 saturated heterocycles. The number of unbranched alkanes of at least 4 members (excludes halogenated alkanes) is 1. The molecule has 0 bridgehead atoms. The predicted molar refractivity (Wildman–Crippen MR) is 159 cm³/mol. The van der Waals surface area contributed by atoms with E-state index in [-0.39, 0.29) is 13.1 Å². The second-order valence-corrected chi connectivity index (χ2v) is 13.5. The van der Waals surface area contributed by atoms with Crippen molar-refractivity contribution in [2.45, 2.75) is 24.4 Å². The van der Waals surface area contributed by atoms with Crippen LogP contribution in [0.4, 0.5) is 0 Å². The van der Waals surface area contributed by atoms with Gasteiger partial charge in [-0.15, -0.1) is 9.24 Å². The summed E-state index contributed by atoms with van der Waals surface area (Å²) in [6.07, 6.45) is 5.50. The molecule has 4 aromatic carbocycles. The van der Waals surface area contributed by atoms with Gasteiger partial charge < -0.3 is 0 Å². The quantitative estimate of drug-likeness (QED) is 0.149. The Morgan fingerprint density at radius 3 is 1.36 bits per heavy atom. The van der Waals surface area contributed by atoms with Gasteiger partial charge in [0.25, 0.3) is 10.1 Å². The van der Waals surface area contributed by atoms with Crippen molar-refractivity contribution in [1.29, 1.82) is 0 Å². The summed E-state index contributed by atoms with van der Waals surface area (Å²) in [5, 5.41) is 2.92. The largest absolute Gasteiger partial charge is 0.286 e. The first-order valence-electron chi connectivity index (χ1n) is 12.0. The molecule has 0 spiro atoms. The van der Waals surface area contributed by atoms with Gasteiger partial charge in [-0.3, -0.25) is 4.55 Å². The first-order valence-corrected chi connectivity index (χ1v) is 15.9. The third-order valence-corrected chi connectivity index (χ3v) is 9.48. The number of hydrogen-bond donors (Lipinski definition) is 1. The summed E-state index contributed by atoms with van der Waals surface area (Å²) < 4.78 is 25.9. The van der Waals surface area contributed by atoms with Crippen LogP contribution in [0.1, 0.15) is 30.4 Å². The van der Waals surface area contributed by atoms with E-state index in [4.69, 9.17) is 4.55 Å². The Bertz CT molecular complexity index is 1180. The number of rotatable bonds is 9. The molecule has 1 unspecified atom stereocenters. The van der Waals surface area contributed by atoms with E-state index < -0.39 is 10.1 Å². The van der Waals surface area contributed by atoms with E-state index in [1.165, 1.54) is 40.7 Å². The fraction of sp³-hybridized carbons (Fsp3) is 0.200. The van der Waals surface area contributed by atoms with Gasteiger partial charge in [0.05, 0.1) is 6.26 Å². The van der Waals surface area contributed by atoms with E-state index in [0.717, 1.165) is 6.42 Å². The van der Waals surface area contributed by atoms with Crippen LogP contribution >= 0.6 is 17.2 Å². The predicted octanol–water partition coefficient (Wildman–Crippen LogP) is 6.61. The molecule has 0 amide bonds. The highest BCUT2D eigenvalue weighted by atomic mass is 32.2. The van der Waals surface area contributed by atoms with Crippen molar-refractivity contribution in [2.75, 3.05) is 12.4 Å². The van der Waals surface area contributed by atoms with E-state index >= 15 is 0 Å². The Labute approximate surface area is 219 Å². The monoisotopic (exact) mass is 536 g/mol. The van der Waals surface area contributed by atoms with Crippen molar-refractivity contribution in [3.63, 3.8) is 0 Å². The lowest BCUT2D eigenvalue weighted by Gasteiger charge is -2.31. The maximum Gasteiger partial charge on any atom is 0.261 e. The Hall–Kier alpha value is -2.35. The molecule has 4 aromatic rings. The summed E-state index contributed by atoms with van der Waals surface area (Å²) in [7, 11) is -0.790. The molecule has 188 valence electrons. The molecule has 0 aliphatic rings. The van der Waals surface area contributed by atoms with Crippen LogP contribution < -0.4 is 10.6 Å². The van der Waals surface area contributed by atoms with Crippen LogP contribution in [0.2, 0.25) is 0 Å². The van der Waals surface area contributed by atoms with Crippen LogP contribution in [0, 0.1) is 0 Å². The molecule has 0 saturated carbocycles. The lowest BCUT2D eigenvalue weighted by atomic mass is 9.86. The van der Waals surface area contributed by atoms with Crippen LogP contribution in [-0.4, -0.2) is 25.4 Å². The third-order valence-electron chi connectivity index (χ3n) is 5.92. The topological polar surface area (TPSA) is 54.4 Å². The lowest BCUT2D eigenvalue weighted by Crippen LogP contribution is -2.20. The minimum Gasteiger partial charge on any atom is -0.286 e. The minimum absolute atomic E-state index is 0.0369. The molecule has 0 aliphatic heterocycles. The number of benzene rings is 4. The Balaban J connectivity index is 0.000000658. The summed E-state index contributed by atoms with van der Waals surface area (Å²) in [6, 6.07) is 44.0. The highest BCUT2D eigenvalue weighted by molar-refractivity contribution is 7.85. The second-order valence-electron chi connectivity index (χ2n) is 8.72. The first kappa shape index (κ1) is 28.2. The molecule has 4 rings (SSSR count). The zero-order valence-electron chi connectivity index (χ0n) is 20.6. The van der Waals surface area contributed by atoms with Gasteiger partial charge in [0.15, 0.2) is 0 Å². The molecule has 0 fully saturated rings. The smallest absolute Gasteiger partial charge is 0.261 e. The molecule has 1 N–H and O–H groups in total. The highest BCUT2D eigenvalue weighted by Gasteiger charge is 2.28.